The number of rotatable bonds is 9. The van der Waals surface area contributed by atoms with Gasteiger partial charge in [0, 0.05) is 12.4 Å². The first-order valence-electron chi connectivity index (χ1n) is 6.88. The Morgan fingerprint density at radius 1 is 1.33 bits per heavy atom. The van der Waals surface area contributed by atoms with Gasteiger partial charge in [-0.15, -0.1) is 0 Å². The number of carbonyl (C=O) groups is 1. The lowest BCUT2D eigenvalue weighted by Crippen LogP contribution is -2.32. The Bertz CT molecular complexity index is 372. The highest BCUT2D eigenvalue weighted by Crippen LogP contribution is 2.06. The molecule has 0 aromatic carbocycles. The zero-order valence-corrected chi connectivity index (χ0v) is 11.5. The fraction of sp³-hybridized carbons (Fsp3) is 0.714. The Hall–Kier alpha value is -1.32. The van der Waals surface area contributed by atoms with Crippen LogP contribution in [0.5, 0.6) is 0 Å². The summed E-state index contributed by atoms with van der Waals surface area (Å²) in [5.41, 5.74) is 0. The Balaban J connectivity index is 2.44. The van der Waals surface area contributed by atoms with E-state index in [2.05, 4.69) is 16.1 Å². The maximum atomic E-state index is 10.4. The summed E-state index contributed by atoms with van der Waals surface area (Å²) in [7, 11) is 2.05. The number of aliphatic carboxylic acids is 1. The van der Waals surface area contributed by atoms with Crippen LogP contribution in [0.25, 0.3) is 0 Å². The topological polar surface area (TPSA) is 48.9 Å². The van der Waals surface area contributed by atoms with Crippen LogP contribution >= 0.6 is 0 Å². The van der Waals surface area contributed by atoms with Gasteiger partial charge < -0.3 is 9.90 Å². The third kappa shape index (κ3) is 4.90. The molecule has 0 amide bonds. The standard InChI is InChI=1S/C14H24N2O2/c1-3-4-5-6-8-13-15(2)11-12-16(13)10-7-9-14(17)18/h11-12H,3-10H2,1-2H3. The molecule has 1 rings (SSSR count). The van der Waals surface area contributed by atoms with Crippen LogP contribution in [0.3, 0.4) is 0 Å². The first-order valence-corrected chi connectivity index (χ1v) is 6.88. The molecule has 0 aliphatic carbocycles. The van der Waals surface area contributed by atoms with E-state index in [-0.39, 0.29) is 6.42 Å². The van der Waals surface area contributed by atoms with E-state index < -0.39 is 5.97 Å². The predicted molar refractivity (Wildman–Crippen MR) is 67.7 cm³/mol. The Morgan fingerprint density at radius 3 is 2.78 bits per heavy atom. The molecule has 4 nitrogen and oxygen atoms in total. The van der Waals surface area contributed by atoms with Gasteiger partial charge in [0.1, 0.15) is 12.4 Å². The Morgan fingerprint density at radius 2 is 2.11 bits per heavy atom. The molecule has 0 aliphatic rings. The summed E-state index contributed by atoms with van der Waals surface area (Å²) >= 11 is 0. The van der Waals surface area contributed by atoms with E-state index in [9.17, 15) is 9.90 Å². The first kappa shape index (κ1) is 14.7. The zero-order chi connectivity index (χ0) is 13.4. The second-order valence-electron chi connectivity index (χ2n) is 4.80. The second-order valence-corrected chi connectivity index (χ2v) is 4.80. The minimum Gasteiger partial charge on any atom is -0.550 e. The summed E-state index contributed by atoms with van der Waals surface area (Å²) in [4.78, 5) is 10.4. The van der Waals surface area contributed by atoms with Gasteiger partial charge in [-0.25, -0.2) is 9.13 Å². The van der Waals surface area contributed by atoms with Gasteiger partial charge in [0.15, 0.2) is 0 Å². The molecule has 1 aromatic rings. The number of aryl methyl sites for hydroxylation is 2. The Labute approximate surface area is 109 Å². The van der Waals surface area contributed by atoms with Crippen molar-refractivity contribution in [3.05, 3.63) is 18.2 Å². The molecule has 0 fully saturated rings. The van der Waals surface area contributed by atoms with E-state index in [1.54, 1.807) is 0 Å². The van der Waals surface area contributed by atoms with Gasteiger partial charge in [0.2, 0.25) is 0 Å². The van der Waals surface area contributed by atoms with Crippen molar-refractivity contribution >= 4 is 5.97 Å². The third-order valence-corrected chi connectivity index (χ3v) is 3.24. The molecule has 4 heteroatoms. The van der Waals surface area contributed by atoms with Gasteiger partial charge in [-0.2, -0.15) is 0 Å². The number of carboxylic acid groups (broad SMARTS) is 1. The van der Waals surface area contributed by atoms with Crippen LogP contribution in [-0.4, -0.2) is 10.5 Å². The average Bonchev–Trinajstić information content (AvgIpc) is 2.66. The summed E-state index contributed by atoms with van der Waals surface area (Å²) in [6.45, 7) is 2.97. The molecule has 0 atom stereocenters. The van der Waals surface area contributed by atoms with E-state index in [1.807, 2.05) is 19.4 Å². The smallest absolute Gasteiger partial charge is 0.256 e. The molecule has 0 aliphatic heterocycles. The molecular weight excluding hydrogens is 228 g/mol. The highest BCUT2D eigenvalue weighted by atomic mass is 16.4. The van der Waals surface area contributed by atoms with Crippen molar-refractivity contribution in [1.29, 1.82) is 0 Å². The van der Waals surface area contributed by atoms with Gasteiger partial charge in [0.05, 0.1) is 13.6 Å². The molecule has 1 aromatic heterocycles. The van der Waals surface area contributed by atoms with Crippen molar-refractivity contribution < 1.29 is 14.5 Å². The minimum absolute atomic E-state index is 0.136. The lowest BCUT2D eigenvalue weighted by Gasteiger charge is -2.04. The van der Waals surface area contributed by atoms with Crippen molar-refractivity contribution in [2.24, 2.45) is 7.05 Å². The molecular formula is C14H24N2O2. The molecule has 0 saturated heterocycles. The number of nitrogens with zero attached hydrogens (tertiary/aromatic N) is 2. The van der Waals surface area contributed by atoms with Crippen LogP contribution in [0, 0.1) is 0 Å². The van der Waals surface area contributed by atoms with Crippen molar-refractivity contribution in [3.8, 4) is 0 Å². The number of imidazole rings is 1. The van der Waals surface area contributed by atoms with Gasteiger partial charge in [-0.1, -0.05) is 26.2 Å². The van der Waals surface area contributed by atoms with E-state index in [4.69, 9.17) is 0 Å². The number of carbonyl (C=O) groups excluding carboxylic acids is 1. The summed E-state index contributed by atoms with van der Waals surface area (Å²) < 4.78 is 4.29. The van der Waals surface area contributed by atoms with Crippen LogP contribution in [0.2, 0.25) is 0 Å². The average molecular weight is 252 g/mol. The Kier molecular flexibility index (Phi) is 6.47. The minimum atomic E-state index is -0.962. The van der Waals surface area contributed by atoms with Crippen molar-refractivity contribution in [3.63, 3.8) is 0 Å². The van der Waals surface area contributed by atoms with Gasteiger partial charge in [0.25, 0.3) is 5.82 Å². The fourth-order valence-electron chi connectivity index (χ4n) is 2.18. The monoisotopic (exact) mass is 252 g/mol. The molecule has 18 heavy (non-hydrogen) atoms. The second kappa shape index (κ2) is 7.90. The fourth-order valence-corrected chi connectivity index (χ4v) is 2.18. The summed E-state index contributed by atoms with van der Waals surface area (Å²) in [5.74, 6) is 0.320. The molecule has 102 valence electrons. The predicted octanol–water partition coefficient (Wildman–Crippen LogP) is 0.966. The van der Waals surface area contributed by atoms with Crippen molar-refractivity contribution in [2.75, 3.05) is 0 Å². The van der Waals surface area contributed by atoms with Crippen LogP contribution < -0.4 is 9.67 Å². The van der Waals surface area contributed by atoms with Crippen LogP contribution in [0.1, 0.15) is 51.3 Å². The number of carboxylic acids is 1. The number of hydrogen-bond acceptors (Lipinski definition) is 2. The van der Waals surface area contributed by atoms with Crippen molar-refractivity contribution in [1.82, 2.24) is 4.57 Å². The molecule has 0 radical (unpaired) electrons. The molecule has 0 bridgehead atoms. The van der Waals surface area contributed by atoms with Crippen LogP contribution in [-0.2, 0) is 24.8 Å². The normalized spacial score (nSPS) is 10.8. The largest absolute Gasteiger partial charge is 0.550 e. The quantitative estimate of drug-likeness (QED) is 0.485. The van der Waals surface area contributed by atoms with Gasteiger partial charge in [-0.3, -0.25) is 0 Å². The number of hydrogen-bond donors (Lipinski definition) is 0. The van der Waals surface area contributed by atoms with Gasteiger partial charge >= 0.3 is 0 Å². The zero-order valence-electron chi connectivity index (χ0n) is 11.5. The number of unbranched alkanes of at least 4 members (excludes halogenated alkanes) is 3. The highest BCUT2D eigenvalue weighted by molar-refractivity contribution is 5.64. The first-order chi connectivity index (χ1) is 8.65. The van der Waals surface area contributed by atoms with E-state index in [0.29, 0.717) is 6.42 Å². The van der Waals surface area contributed by atoms with E-state index in [0.717, 1.165) is 13.0 Å². The van der Waals surface area contributed by atoms with Gasteiger partial charge in [-0.05, 0) is 19.3 Å². The molecule has 0 N–H and O–H groups in total. The lowest BCUT2D eigenvalue weighted by atomic mass is 10.1. The van der Waals surface area contributed by atoms with E-state index in [1.165, 1.54) is 31.5 Å². The molecule has 0 saturated carbocycles. The maximum Gasteiger partial charge on any atom is 0.256 e. The highest BCUT2D eigenvalue weighted by Gasteiger charge is 2.13. The summed E-state index contributed by atoms with van der Waals surface area (Å²) in [6, 6.07) is 0. The van der Waals surface area contributed by atoms with E-state index >= 15 is 0 Å². The maximum absolute atomic E-state index is 10.4. The molecule has 0 spiro atoms. The molecule has 0 unspecified atom stereocenters. The van der Waals surface area contributed by atoms with Crippen LogP contribution in [0.4, 0.5) is 0 Å². The summed E-state index contributed by atoms with van der Waals surface area (Å²) in [5, 5.41) is 10.4. The molecule has 1 heterocycles. The SMILES string of the molecule is CCCCCCc1n(CCCC(=O)[O-])cc[n+]1C. The van der Waals surface area contributed by atoms with Crippen LogP contribution in [0.15, 0.2) is 12.4 Å². The third-order valence-electron chi connectivity index (χ3n) is 3.24. The lowest BCUT2D eigenvalue weighted by molar-refractivity contribution is -0.678. The van der Waals surface area contributed by atoms with Crippen molar-refractivity contribution in [2.45, 2.75) is 58.4 Å². The summed E-state index contributed by atoms with van der Waals surface area (Å²) in [6.07, 6.45) is 10.9. The number of aromatic nitrogens is 2.